The normalized spacial score (nSPS) is 18.7. The van der Waals surface area contributed by atoms with Gasteiger partial charge in [0.25, 0.3) is 0 Å². The Hall–Kier alpha value is -0.510. The number of nitrogens with one attached hydrogen (secondary N) is 2. The quantitative estimate of drug-likeness (QED) is 0.438. The Labute approximate surface area is 141 Å². The van der Waals surface area contributed by atoms with Crippen LogP contribution in [0.2, 0.25) is 0 Å². The van der Waals surface area contributed by atoms with E-state index in [1.54, 1.807) is 6.92 Å². The predicted octanol–water partition coefficient (Wildman–Crippen LogP) is 1.95. The number of halogens is 1. The second-order valence-corrected chi connectivity index (χ2v) is 5.85. The van der Waals surface area contributed by atoms with Gasteiger partial charge in [-0.2, -0.15) is 16.7 Å². The Balaban J connectivity index is 0.00000200. The maximum absolute atomic E-state index is 4.92. The molecule has 0 amide bonds. The predicted molar refractivity (Wildman–Crippen MR) is 92.7 cm³/mol. The molecule has 2 rings (SSSR count). The molecule has 0 bridgehead atoms. The highest BCUT2D eigenvalue weighted by Crippen LogP contribution is 2.25. The molecule has 0 spiro atoms. The molecule has 114 valence electrons. The zero-order valence-corrected chi connectivity index (χ0v) is 15.0. The van der Waals surface area contributed by atoms with Crippen LogP contribution < -0.4 is 10.6 Å². The first kappa shape index (κ1) is 17.5. The molecular formula is C12H22IN5OS. The Kier molecular flexibility index (Phi) is 8.27. The fourth-order valence-electron chi connectivity index (χ4n) is 1.91. The lowest BCUT2D eigenvalue weighted by Gasteiger charge is -2.14. The Morgan fingerprint density at radius 2 is 2.35 bits per heavy atom. The van der Waals surface area contributed by atoms with E-state index in [4.69, 9.17) is 4.52 Å². The average Bonchev–Trinajstić information content (AvgIpc) is 3.04. The molecule has 0 radical (unpaired) electrons. The van der Waals surface area contributed by atoms with Crippen LogP contribution in [0.1, 0.15) is 31.5 Å². The summed E-state index contributed by atoms with van der Waals surface area (Å²) in [5, 5.41) is 11.1. The van der Waals surface area contributed by atoms with Crippen LogP contribution in [0.25, 0.3) is 0 Å². The van der Waals surface area contributed by atoms with Gasteiger partial charge in [0.05, 0.1) is 0 Å². The van der Waals surface area contributed by atoms with E-state index in [0.29, 0.717) is 23.5 Å². The van der Waals surface area contributed by atoms with Crippen LogP contribution in [-0.2, 0) is 6.54 Å². The smallest absolute Gasteiger partial charge is 0.223 e. The monoisotopic (exact) mass is 411 g/mol. The van der Waals surface area contributed by atoms with Crippen molar-refractivity contribution in [3.05, 3.63) is 11.7 Å². The fraction of sp³-hybridized carbons (Fsp3) is 0.750. The maximum Gasteiger partial charge on any atom is 0.223 e. The van der Waals surface area contributed by atoms with Gasteiger partial charge in [-0.05, 0) is 25.5 Å². The maximum atomic E-state index is 4.92. The molecule has 6 nitrogen and oxygen atoms in total. The van der Waals surface area contributed by atoms with Gasteiger partial charge in [0.1, 0.15) is 6.54 Å². The van der Waals surface area contributed by atoms with E-state index in [1.807, 2.05) is 11.8 Å². The number of rotatable bonds is 5. The van der Waals surface area contributed by atoms with Crippen molar-refractivity contribution in [3.63, 3.8) is 0 Å². The van der Waals surface area contributed by atoms with Gasteiger partial charge in [0.15, 0.2) is 11.8 Å². The first-order valence-corrected chi connectivity index (χ1v) is 7.75. The zero-order valence-electron chi connectivity index (χ0n) is 11.9. The van der Waals surface area contributed by atoms with Crippen LogP contribution in [0, 0.1) is 6.92 Å². The summed E-state index contributed by atoms with van der Waals surface area (Å²) in [6.45, 7) is 6.07. The van der Waals surface area contributed by atoms with Gasteiger partial charge in [-0.3, -0.25) is 0 Å². The summed E-state index contributed by atoms with van der Waals surface area (Å²) in [7, 11) is 0. The highest BCUT2D eigenvalue weighted by atomic mass is 127. The Morgan fingerprint density at radius 3 is 2.95 bits per heavy atom. The third-order valence-electron chi connectivity index (χ3n) is 2.81. The van der Waals surface area contributed by atoms with Gasteiger partial charge in [0.2, 0.25) is 5.89 Å². The molecule has 1 atom stereocenters. The molecule has 1 aromatic rings. The molecular weight excluding hydrogens is 389 g/mol. The largest absolute Gasteiger partial charge is 0.357 e. The van der Waals surface area contributed by atoms with E-state index in [9.17, 15) is 0 Å². The molecule has 1 aromatic heterocycles. The van der Waals surface area contributed by atoms with Crippen molar-refractivity contribution in [1.82, 2.24) is 20.8 Å². The summed E-state index contributed by atoms with van der Waals surface area (Å²) in [4.78, 5) is 8.59. The highest BCUT2D eigenvalue weighted by Gasteiger charge is 2.15. The van der Waals surface area contributed by atoms with Gasteiger partial charge >= 0.3 is 0 Å². The molecule has 0 aromatic carbocycles. The lowest BCUT2D eigenvalue weighted by Crippen LogP contribution is -2.40. The zero-order chi connectivity index (χ0) is 13.5. The van der Waals surface area contributed by atoms with Gasteiger partial charge < -0.3 is 15.2 Å². The second-order valence-electron chi connectivity index (χ2n) is 4.44. The number of nitrogens with zero attached hydrogens (tertiary/aromatic N) is 3. The summed E-state index contributed by atoms with van der Waals surface area (Å²) >= 11 is 2.04. The van der Waals surface area contributed by atoms with Gasteiger partial charge in [-0.15, -0.1) is 24.0 Å². The Morgan fingerprint density at radius 1 is 1.50 bits per heavy atom. The van der Waals surface area contributed by atoms with E-state index < -0.39 is 0 Å². The third-order valence-corrected chi connectivity index (χ3v) is 4.21. The van der Waals surface area contributed by atoms with Gasteiger partial charge in [-0.1, -0.05) is 5.16 Å². The molecule has 20 heavy (non-hydrogen) atoms. The fourth-order valence-corrected chi connectivity index (χ4v) is 3.11. The summed E-state index contributed by atoms with van der Waals surface area (Å²) in [6.07, 6.45) is 2.62. The molecule has 0 saturated carbocycles. The van der Waals surface area contributed by atoms with Crippen molar-refractivity contribution in [1.29, 1.82) is 0 Å². The van der Waals surface area contributed by atoms with E-state index in [-0.39, 0.29) is 24.0 Å². The summed E-state index contributed by atoms with van der Waals surface area (Å²) in [5.41, 5.74) is 0. The van der Waals surface area contributed by atoms with Crippen LogP contribution in [0.15, 0.2) is 9.52 Å². The van der Waals surface area contributed by atoms with Crippen molar-refractivity contribution >= 4 is 41.7 Å². The number of aromatic nitrogens is 2. The number of guanidine groups is 1. The molecule has 1 aliphatic heterocycles. The van der Waals surface area contributed by atoms with Crippen LogP contribution in [0.3, 0.4) is 0 Å². The molecule has 8 heteroatoms. The number of aryl methyl sites for hydroxylation is 1. The van der Waals surface area contributed by atoms with Crippen LogP contribution in [-0.4, -0.2) is 40.2 Å². The van der Waals surface area contributed by atoms with Crippen LogP contribution in [0.5, 0.6) is 0 Å². The van der Waals surface area contributed by atoms with Crippen molar-refractivity contribution in [2.75, 3.05) is 18.8 Å². The van der Waals surface area contributed by atoms with Crippen molar-refractivity contribution in [2.45, 2.75) is 38.5 Å². The minimum Gasteiger partial charge on any atom is -0.357 e. The Bertz CT molecular complexity index is 420. The first-order chi connectivity index (χ1) is 9.28. The first-order valence-electron chi connectivity index (χ1n) is 6.71. The van der Waals surface area contributed by atoms with Crippen molar-refractivity contribution in [3.8, 4) is 0 Å². The minimum absolute atomic E-state index is 0. The van der Waals surface area contributed by atoms with Gasteiger partial charge in [0, 0.05) is 25.3 Å². The third kappa shape index (κ3) is 5.86. The molecule has 0 aliphatic carbocycles. The molecule has 2 heterocycles. The van der Waals surface area contributed by atoms with E-state index >= 15 is 0 Å². The molecule has 1 aliphatic rings. The number of thioether (sulfide) groups is 1. The lowest BCUT2D eigenvalue weighted by atomic mass is 10.2. The summed E-state index contributed by atoms with van der Waals surface area (Å²) in [5.74, 6) is 3.29. The summed E-state index contributed by atoms with van der Waals surface area (Å²) in [6, 6.07) is 0. The molecule has 1 fully saturated rings. The van der Waals surface area contributed by atoms with Gasteiger partial charge in [-0.25, -0.2) is 4.99 Å². The lowest BCUT2D eigenvalue weighted by molar-refractivity contribution is 0.387. The van der Waals surface area contributed by atoms with Crippen LogP contribution >= 0.6 is 35.7 Å². The molecule has 1 unspecified atom stereocenters. The number of hydrogen-bond acceptors (Lipinski definition) is 5. The topological polar surface area (TPSA) is 75.3 Å². The second kappa shape index (κ2) is 9.43. The highest BCUT2D eigenvalue weighted by molar-refractivity contribution is 14.0. The van der Waals surface area contributed by atoms with E-state index in [2.05, 4.69) is 32.7 Å². The standard InChI is InChI=1S/C12H21N5OS.HI/c1-3-13-12(14-7-10-5-4-6-19-10)15-8-11-16-9(2)18-17-11;/h10H,3-8H2,1-2H3,(H2,13,14,15);1H. The van der Waals surface area contributed by atoms with Crippen LogP contribution in [0.4, 0.5) is 0 Å². The summed E-state index contributed by atoms with van der Waals surface area (Å²) < 4.78 is 4.92. The number of hydrogen-bond donors (Lipinski definition) is 2. The van der Waals surface area contributed by atoms with E-state index in [0.717, 1.165) is 19.0 Å². The van der Waals surface area contributed by atoms with Crippen molar-refractivity contribution in [2.24, 2.45) is 4.99 Å². The molecule has 1 saturated heterocycles. The average molecular weight is 411 g/mol. The molecule has 2 N–H and O–H groups in total. The van der Waals surface area contributed by atoms with E-state index in [1.165, 1.54) is 18.6 Å². The SMILES string of the molecule is CCNC(=NCc1noc(C)n1)NCC1CCCS1.I. The van der Waals surface area contributed by atoms with Crippen molar-refractivity contribution < 1.29 is 4.52 Å². The number of aliphatic imine (C=N–C) groups is 1. The minimum atomic E-state index is 0.